The molecule has 16 heavy (non-hydrogen) atoms. The topological polar surface area (TPSA) is 20.2 Å². The predicted octanol–water partition coefficient (Wildman–Crippen LogP) is 2.84. The summed E-state index contributed by atoms with van der Waals surface area (Å²) in [5, 5.41) is 8.99. The van der Waals surface area contributed by atoms with Gasteiger partial charge in [0.2, 0.25) is 0 Å². The molecule has 0 unspecified atom stereocenters. The van der Waals surface area contributed by atoms with Crippen molar-refractivity contribution in [3.8, 4) is 23.7 Å². The lowest BCUT2D eigenvalue weighted by atomic mass is 10.2. The molecule has 0 aliphatic rings. The fourth-order valence-corrected chi connectivity index (χ4v) is 0.847. The Bertz CT molecular complexity index is 352. The van der Waals surface area contributed by atoms with Gasteiger partial charge in [-0.15, -0.1) is 0 Å². The minimum Gasteiger partial charge on any atom is -0.377 e. The average molecular weight is 214 g/mol. The summed E-state index contributed by atoms with van der Waals surface area (Å²) in [6, 6.07) is 0. The summed E-state index contributed by atoms with van der Waals surface area (Å²) in [4.78, 5) is 0. The number of allylic oxidation sites excluding steroid dienone is 4. The van der Waals surface area contributed by atoms with E-state index in [4.69, 9.17) is 5.11 Å². The third-order valence-electron chi connectivity index (χ3n) is 1.73. The Kier molecular flexibility index (Phi) is 10.2. The molecular formula is C15H18O. The van der Waals surface area contributed by atoms with Gasteiger partial charge in [-0.3, -0.25) is 0 Å². The lowest BCUT2D eigenvalue weighted by Gasteiger charge is -1.86. The van der Waals surface area contributed by atoms with Crippen LogP contribution in [0.25, 0.3) is 0 Å². The van der Waals surface area contributed by atoms with Crippen LogP contribution in [0.5, 0.6) is 0 Å². The van der Waals surface area contributed by atoms with E-state index in [2.05, 4.69) is 43.3 Å². The van der Waals surface area contributed by atoms with Crippen molar-refractivity contribution < 1.29 is 5.11 Å². The van der Waals surface area contributed by atoms with Crippen molar-refractivity contribution in [2.24, 2.45) is 0 Å². The number of unbranched alkanes of at least 4 members (excludes halogenated alkanes) is 2. The van der Waals surface area contributed by atoms with Crippen LogP contribution in [-0.2, 0) is 0 Å². The lowest BCUT2D eigenvalue weighted by Crippen LogP contribution is -1.94. The Morgan fingerprint density at radius 1 is 1.31 bits per heavy atom. The maximum atomic E-state index is 8.99. The molecular weight excluding hydrogens is 196 g/mol. The maximum absolute atomic E-state index is 8.99. The van der Waals surface area contributed by atoms with Gasteiger partial charge in [0.1, 0.15) is 6.10 Å². The van der Waals surface area contributed by atoms with Crippen molar-refractivity contribution in [1.82, 2.24) is 0 Å². The first kappa shape index (κ1) is 14.3. The summed E-state index contributed by atoms with van der Waals surface area (Å²) in [5.74, 6) is 10.4. The molecule has 0 saturated carbocycles. The lowest BCUT2D eigenvalue weighted by molar-refractivity contribution is 0.281. The molecule has 0 fully saturated rings. The number of aliphatic hydroxyl groups excluding tert-OH is 1. The normalized spacial score (nSPS) is 11.6. The Labute approximate surface area is 98.6 Å². The first-order valence-electron chi connectivity index (χ1n) is 5.44. The SMILES string of the molecule is C=C[C@H](O)C#CC#C/C=C/C=C/CCCC. The van der Waals surface area contributed by atoms with Crippen LogP contribution in [0.3, 0.4) is 0 Å². The summed E-state index contributed by atoms with van der Waals surface area (Å²) in [6.07, 6.45) is 11.8. The second-order valence-electron chi connectivity index (χ2n) is 3.15. The van der Waals surface area contributed by atoms with Crippen LogP contribution in [0.15, 0.2) is 37.0 Å². The third kappa shape index (κ3) is 10.4. The Morgan fingerprint density at radius 3 is 2.81 bits per heavy atom. The highest BCUT2D eigenvalue weighted by Crippen LogP contribution is 1.94. The van der Waals surface area contributed by atoms with Crippen LogP contribution in [0.4, 0.5) is 0 Å². The molecule has 0 radical (unpaired) electrons. The summed E-state index contributed by atoms with van der Waals surface area (Å²) in [6.45, 7) is 5.57. The van der Waals surface area contributed by atoms with Gasteiger partial charge in [-0.05, 0) is 24.3 Å². The maximum Gasteiger partial charge on any atom is 0.134 e. The van der Waals surface area contributed by atoms with Crippen molar-refractivity contribution in [2.45, 2.75) is 32.3 Å². The zero-order valence-electron chi connectivity index (χ0n) is 9.74. The van der Waals surface area contributed by atoms with Crippen LogP contribution in [-0.4, -0.2) is 11.2 Å². The number of rotatable bonds is 5. The number of hydrogen-bond donors (Lipinski definition) is 1. The minimum absolute atomic E-state index is 0.785. The third-order valence-corrected chi connectivity index (χ3v) is 1.73. The molecule has 0 heterocycles. The van der Waals surface area contributed by atoms with Crippen LogP contribution < -0.4 is 0 Å². The van der Waals surface area contributed by atoms with Gasteiger partial charge in [0, 0.05) is 0 Å². The molecule has 0 amide bonds. The van der Waals surface area contributed by atoms with E-state index in [0.29, 0.717) is 0 Å². The summed E-state index contributed by atoms with van der Waals surface area (Å²) in [7, 11) is 0. The summed E-state index contributed by atoms with van der Waals surface area (Å²) in [5.41, 5.74) is 0. The van der Waals surface area contributed by atoms with E-state index < -0.39 is 6.10 Å². The van der Waals surface area contributed by atoms with Crippen molar-refractivity contribution in [1.29, 1.82) is 0 Å². The molecule has 1 heteroatoms. The van der Waals surface area contributed by atoms with Crippen molar-refractivity contribution in [3.05, 3.63) is 37.0 Å². The zero-order valence-corrected chi connectivity index (χ0v) is 9.74. The molecule has 1 N–H and O–H groups in total. The molecule has 0 rings (SSSR count). The predicted molar refractivity (Wildman–Crippen MR) is 69.6 cm³/mol. The van der Waals surface area contributed by atoms with E-state index in [-0.39, 0.29) is 0 Å². The van der Waals surface area contributed by atoms with Gasteiger partial charge in [0.15, 0.2) is 0 Å². The minimum atomic E-state index is -0.785. The fourth-order valence-electron chi connectivity index (χ4n) is 0.847. The summed E-state index contributed by atoms with van der Waals surface area (Å²) < 4.78 is 0. The van der Waals surface area contributed by atoms with Gasteiger partial charge in [-0.1, -0.05) is 62.5 Å². The molecule has 1 nitrogen and oxygen atoms in total. The number of hydrogen-bond acceptors (Lipinski definition) is 1. The molecule has 1 atom stereocenters. The van der Waals surface area contributed by atoms with E-state index in [1.165, 1.54) is 18.9 Å². The Hall–Kier alpha value is -1.70. The molecule has 0 aromatic heterocycles. The van der Waals surface area contributed by atoms with Gasteiger partial charge >= 0.3 is 0 Å². The standard InChI is InChI=1S/C15H18O/c1-3-5-6-7-8-9-10-11-12-13-14-15(16)4-2/h4,7-10,15-16H,2-3,5-6H2,1H3/b8-7+,10-9+/t15-/m0/s1. The second-order valence-corrected chi connectivity index (χ2v) is 3.15. The second kappa shape index (κ2) is 11.4. The molecule has 0 spiro atoms. The molecule has 0 aromatic carbocycles. The van der Waals surface area contributed by atoms with Crippen LogP contribution in [0, 0.1) is 23.7 Å². The van der Waals surface area contributed by atoms with E-state index in [1.807, 2.05) is 12.2 Å². The molecule has 84 valence electrons. The highest BCUT2D eigenvalue weighted by atomic mass is 16.3. The Morgan fingerprint density at radius 2 is 2.12 bits per heavy atom. The monoisotopic (exact) mass is 214 g/mol. The number of aliphatic hydroxyl groups is 1. The van der Waals surface area contributed by atoms with Crippen LogP contribution in [0.2, 0.25) is 0 Å². The van der Waals surface area contributed by atoms with Crippen LogP contribution >= 0.6 is 0 Å². The van der Waals surface area contributed by atoms with Crippen molar-refractivity contribution >= 4 is 0 Å². The Balaban J connectivity index is 3.81. The van der Waals surface area contributed by atoms with Gasteiger partial charge in [-0.2, -0.15) is 0 Å². The van der Waals surface area contributed by atoms with Crippen molar-refractivity contribution in [3.63, 3.8) is 0 Å². The highest BCUT2D eigenvalue weighted by Gasteiger charge is 1.83. The van der Waals surface area contributed by atoms with Crippen LogP contribution in [0.1, 0.15) is 26.2 Å². The fraction of sp³-hybridized carbons (Fsp3) is 0.333. The summed E-state index contributed by atoms with van der Waals surface area (Å²) >= 11 is 0. The van der Waals surface area contributed by atoms with E-state index in [9.17, 15) is 0 Å². The van der Waals surface area contributed by atoms with Gasteiger partial charge in [0.25, 0.3) is 0 Å². The van der Waals surface area contributed by atoms with E-state index in [1.54, 1.807) is 6.08 Å². The smallest absolute Gasteiger partial charge is 0.134 e. The molecule has 0 aliphatic heterocycles. The van der Waals surface area contributed by atoms with Crippen molar-refractivity contribution in [2.75, 3.05) is 0 Å². The van der Waals surface area contributed by atoms with E-state index >= 15 is 0 Å². The molecule has 0 bridgehead atoms. The molecule has 0 aromatic rings. The molecule has 0 aliphatic carbocycles. The first-order chi connectivity index (χ1) is 7.81. The largest absolute Gasteiger partial charge is 0.377 e. The molecule has 0 saturated heterocycles. The van der Waals surface area contributed by atoms with Gasteiger partial charge in [0.05, 0.1) is 0 Å². The highest BCUT2D eigenvalue weighted by molar-refractivity contribution is 5.33. The zero-order chi connectivity index (χ0) is 12.1. The quantitative estimate of drug-likeness (QED) is 0.323. The average Bonchev–Trinajstić information content (AvgIpc) is 2.31. The first-order valence-corrected chi connectivity index (χ1v) is 5.44. The van der Waals surface area contributed by atoms with Gasteiger partial charge in [-0.25, -0.2) is 0 Å². The van der Waals surface area contributed by atoms with E-state index in [0.717, 1.165) is 6.42 Å². The van der Waals surface area contributed by atoms with Gasteiger partial charge < -0.3 is 5.11 Å².